The van der Waals surface area contributed by atoms with E-state index < -0.39 is 23.2 Å². The quantitative estimate of drug-likeness (QED) is 0.637. The molecule has 6 heteroatoms. The maximum Gasteiger partial charge on any atom is 0.194 e. The van der Waals surface area contributed by atoms with Crippen molar-refractivity contribution in [3.63, 3.8) is 0 Å². The fourth-order valence-corrected chi connectivity index (χ4v) is 2.50. The molecule has 0 saturated heterocycles. The third-order valence-electron chi connectivity index (χ3n) is 2.69. The number of ketones is 1. The molecule has 2 rings (SSSR count). The van der Waals surface area contributed by atoms with Crippen LogP contribution in [0.1, 0.15) is 25.9 Å². The summed E-state index contributed by atoms with van der Waals surface area (Å²) in [6, 6.07) is 1.40. The number of carbonyl (C=O) groups is 1. The summed E-state index contributed by atoms with van der Waals surface area (Å²) in [6.07, 6.45) is -0.0517. The lowest BCUT2D eigenvalue weighted by atomic mass is 10.1. The molecule has 0 amide bonds. The highest BCUT2D eigenvalue weighted by atomic mass is 32.1. The normalized spacial score (nSPS) is 10.8. The second-order valence-electron chi connectivity index (χ2n) is 4.10. The van der Waals surface area contributed by atoms with E-state index in [1.54, 1.807) is 0 Å². The van der Waals surface area contributed by atoms with Crippen molar-refractivity contribution in [1.82, 2.24) is 4.98 Å². The highest BCUT2D eigenvalue weighted by Crippen LogP contribution is 2.20. The number of hydrogen-bond acceptors (Lipinski definition) is 3. The summed E-state index contributed by atoms with van der Waals surface area (Å²) in [5.74, 6) is -4.80. The molecule has 1 aromatic carbocycles. The number of rotatable bonds is 3. The predicted octanol–water partition coefficient (Wildman–Crippen LogP) is 3.60. The Morgan fingerprint density at radius 1 is 1.21 bits per heavy atom. The zero-order valence-electron chi connectivity index (χ0n) is 10.3. The Bertz CT molecular complexity index is 609. The molecule has 0 aliphatic carbocycles. The maximum absolute atomic E-state index is 13.0. The lowest BCUT2D eigenvalue weighted by Crippen LogP contribution is -2.06. The van der Waals surface area contributed by atoms with Gasteiger partial charge in [0.15, 0.2) is 23.2 Å². The van der Waals surface area contributed by atoms with Gasteiger partial charge >= 0.3 is 0 Å². The van der Waals surface area contributed by atoms with E-state index in [-0.39, 0.29) is 12.0 Å². The standard InChI is InChI=1S/C13H10F3NOS/c1-6-7(2)19-12(17-6)5-11(18)8-3-9(14)13(16)10(15)4-8/h3-4H,5H2,1-2H3. The summed E-state index contributed by atoms with van der Waals surface area (Å²) in [7, 11) is 0. The molecule has 1 heterocycles. The molecule has 0 unspecified atom stereocenters. The summed E-state index contributed by atoms with van der Waals surface area (Å²) >= 11 is 1.36. The van der Waals surface area contributed by atoms with Gasteiger partial charge in [0.2, 0.25) is 0 Å². The first kappa shape index (κ1) is 13.7. The molecule has 0 aliphatic rings. The van der Waals surface area contributed by atoms with E-state index in [1.807, 2.05) is 13.8 Å². The fraction of sp³-hybridized carbons (Fsp3) is 0.231. The molecule has 100 valence electrons. The first-order chi connectivity index (χ1) is 8.88. The predicted molar refractivity (Wildman–Crippen MR) is 65.9 cm³/mol. The molecule has 0 N–H and O–H groups in total. The van der Waals surface area contributed by atoms with Gasteiger partial charge in [-0.05, 0) is 26.0 Å². The molecule has 2 aromatic rings. The molecule has 0 radical (unpaired) electrons. The van der Waals surface area contributed by atoms with E-state index >= 15 is 0 Å². The van der Waals surface area contributed by atoms with Gasteiger partial charge in [-0.15, -0.1) is 11.3 Å². The Balaban J connectivity index is 2.25. The molecule has 0 spiro atoms. The SMILES string of the molecule is Cc1nc(CC(=O)c2cc(F)c(F)c(F)c2)sc1C. The van der Waals surface area contributed by atoms with Gasteiger partial charge in [0.1, 0.15) is 5.01 Å². The van der Waals surface area contributed by atoms with E-state index in [0.29, 0.717) is 17.1 Å². The Morgan fingerprint density at radius 3 is 2.26 bits per heavy atom. The summed E-state index contributed by atoms with van der Waals surface area (Å²) < 4.78 is 38.8. The van der Waals surface area contributed by atoms with Crippen LogP contribution in [-0.4, -0.2) is 10.8 Å². The minimum atomic E-state index is -1.57. The van der Waals surface area contributed by atoms with Crippen molar-refractivity contribution in [3.05, 3.63) is 50.7 Å². The number of carbonyl (C=O) groups excluding carboxylic acids is 1. The average Bonchev–Trinajstić information content (AvgIpc) is 2.64. The van der Waals surface area contributed by atoms with Gasteiger partial charge in [-0.3, -0.25) is 4.79 Å². The summed E-state index contributed by atoms with van der Waals surface area (Å²) in [4.78, 5) is 17.0. The summed E-state index contributed by atoms with van der Waals surface area (Å²) in [6.45, 7) is 3.69. The monoisotopic (exact) mass is 285 g/mol. The van der Waals surface area contributed by atoms with Crippen molar-refractivity contribution >= 4 is 17.1 Å². The number of Topliss-reactive ketones (excluding diaryl/α,β-unsaturated/α-hetero) is 1. The number of nitrogens with zero attached hydrogens (tertiary/aromatic N) is 1. The molecule has 19 heavy (non-hydrogen) atoms. The van der Waals surface area contributed by atoms with E-state index in [4.69, 9.17) is 0 Å². The van der Waals surface area contributed by atoms with Crippen LogP contribution >= 0.6 is 11.3 Å². The number of hydrogen-bond donors (Lipinski definition) is 0. The van der Waals surface area contributed by atoms with Crippen LogP contribution in [0.25, 0.3) is 0 Å². The fourth-order valence-electron chi connectivity index (χ4n) is 1.57. The number of aryl methyl sites for hydroxylation is 2. The van der Waals surface area contributed by atoms with Gasteiger partial charge in [-0.25, -0.2) is 18.2 Å². The topological polar surface area (TPSA) is 30.0 Å². The van der Waals surface area contributed by atoms with E-state index in [0.717, 1.165) is 10.6 Å². The molecule has 2 nitrogen and oxygen atoms in total. The van der Waals surface area contributed by atoms with Crippen LogP contribution in [0.2, 0.25) is 0 Å². The van der Waals surface area contributed by atoms with Gasteiger partial charge in [-0.2, -0.15) is 0 Å². The zero-order valence-corrected chi connectivity index (χ0v) is 11.1. The van der Waals surface area contributed by atoms with Gasteiger partial charge in [-0.1, -0.05) is 0 Å². The number of benzene rings is 1. The third-order valence-corrected chi connectivity index (χ3v) is 3.76. The van der Waals surface area contributed by atoms with Gasteiger partial charge < -0.3 is 0 Å². The third kappa shape index (κ3) is 2.84. The van der Waals surface area contributed by atoms with Crippen molar-refractivity contribution in [2.24, 2.45) is 0 Å². The van der Waals surface area contributed by atoms with Gasteiger partial charge in [0.25, 0.3) is 0 Å². The van der Waals surface area contributed by atoms with E-state index in [2.05, 4.69) is 4.98 Å². The first-order valence-electron chi connectivity index (χ1n) is 5.49. The van der Waals surface area contributed by atoms with E-state index in [9.17, 15) is 18.0 Å². The van der Waals surface area contributed by atoms with Gasteiger partial charge in [0.05, 0.1) is 12.1 Å². The molecule has 0 atom stereocenters. The van der Waals surface area contributed by atoms with Crippen LogP contribution in [0.3, 0.4) is 0 Å². The van der Waals surface area contributed by atoms with Crippen LogP contribution in [0, 0.1) is 31.3 Å². The molecule has 0 bridgehead atoms. The minimum Gasteiger partial charge on any atom is -0.294 e. The van der Waals surface area contributed by atoms with Crippen LogP contribution in [-0.2, 0) is 6.42 Å². The zero-order chi connectivity index (χ0) is 14.2. The molecule has 0 saturated carbocycles. The number of thiazole rings is 1. The molecule has 0 aliphatic heterocycles. The van der Waals surface area contributed by atoms with Crippen LogP contribution in [0.5, 0.6) is 0 Å². The smallest absolute Gasteiger partial charge is 0.194 e. The molecule has 1 aromatic heterocycles. The van der Waals surface area contributed by atoms with Crippen molar-refractivity contribution in [1.29, 1.82) is 0 Å². The lowest BCUT2D eigenvalue weighted by molar-refractivity contribution is 0.0992. The summed E-state index contributed by atoms with van der Waals surface area (Å²) in [5, 5.41) is 0.574. The molecular formula is C13H10F3NOS. The Hall–Kier alpha value is -1.69. The molecule has 0 fully saturated rings. The minimum absolute atomic E-state index is 0.0517. The van der Waals surface area contributed by atoms with Crippen molar-refractivity contribution < 1.29 is 18.0 Å². The van der Waals surface area contributed by atoms with Gasteiger partial charge in [0, 0.05) is 10.4 Å². The van der Waals surface area contributed by atoms with E-state index in [1.165, 1.54) is 11.3 Å². The Morgan fingerprint density at radius 2 is 1.79 bits per heavy atom. The number of aromatic nitrogens is 1. The summed E-state index contributed by atoms with van der Waals surface area (Å²) in [5.41, 5.74) is 0.631. The average molecular weight is 285 g/mol. The second-order valence-corrected chi connectivity index (χ2v) is 5.39. The van der Waals surface area contributed by atoms with Crippen LogP contribution in [0.4, 0.5) is 13.2 Å². The van der Waals surface area contributed by atoms with Crippen molar-refractivity contribution in [2.45, 2.75) is 20.3 Å². The first-order valence-corrected chi connectivity index (χ1v) is 6.30. The number of halogens is 3. The van der Waals surface area contributed by atoms with Crippen LogP contribution < -0.4 is 0 Å². The Kier molecular flexibility index (Phi) is 3.71. The van der Waals surface area contributed by atoms with Crippen molar-refractivity contribution in [2.75, 3.05) is 0 Å². The Labute approximate surface area is 111 Å². The lowest BCUT2D eigenvalue weighted by Gasteiger charge is -2.01. The maximum atomic E-state index is 13.0. The highest BCUT2D eigenvalue weighted by Gasteiger charge is 2.16. The highest BCUT2D eigenvalue weighted by molar-refractivity contribution is 7.11. The van der Waals surface area contributed by atoms with Crippen LogP contribution in [0.15, 0.2) is 12.1 Å². The largest absolute Gasteiger partial charge is 0.294 e. The second kappa shape index (κ2) is 5.13. The van der Waals surface area contributed by atoms with Crippen molar-refractivity contribution in [3.8, 4) is 0 Å². The molecular weight excluding hydrogens is 275 g/mol.